The van der Waals surface area contributed by atoms with Crippen molar-refractivity contribution in [3.05, 3.63) is 11.4 Å². The number of nitrogens with zero attached hydrogens (tertiary/aromatic N) is 4. The van der Waals surface area contributed by atoms with Gasteiger partial charge in [-0.3, -0.25) is 9.69 Å². The molecule has 5 fully saturated rings. The maximum Gasteiger partial charge on any atom is 0.259 e. The molecule has 0 radical (unpaired) electrons. The Morgan fingerprint density at radius 2 is 1.12 bits per heavy atom. The van der Waals surface area contributed by atoms with E-state index in [1.54, 1.807) is 0 Å². The number of carbonyl (C=O) groups excluding carboxylic acids is 1. The molecule has 7 nitrogen and oxygen atoms in total. The van der Waals surface area contributed by atoms with Gasteiger partial charge in [-0.15, -0.1) is 0 Å². The Hall–Kier alpha value is 0.269. The van der Waals surface area contributed by atoms with Crippen LogP contribution in [0.4, 0.5) is 0 Å². The van der Waals surface area contributed by atoms with E-state index in [9.17, 15) is 4.79 Å². The maximum absolute atomic E-state index is 13.3. The van der Waals surface area contributed by atoms with Gasteiger partial charge in [-0.1, -0.05) is 89.9 Å². The van der Waals surface area contributed by atoms with E-state index in [0.29, 0.717) is 50.2 Å². The number of hydrogen-bond acceptors (Lipinski definition) is 5. The average molecular weight is 789 g/mol. The first kappa shape index (κ1) is 47.3. The summed E-state index contributed by atoms with van der Waals surface area (Å²) in [5, 5.41) is 0. The van der Waals surface area contributed by atoms with Crippen molar-refractivity contribution in [1.82, 2.24) is 14.5 Å². The van der Waals surface area contributed by atoms with Crippen LogP contribution in [0.15, 0.2) is 0 Å². The quantitative estimate of drug-likeness (QED) is 0.0716. The number of rotatable bonds is 15. The van der Waals surface area contributed by atoms with E-state index in [1.807, 2.05) is 0 Å². The number of likely N-dealkylation sites (tertiary alicyclic amines) is 1. The van der Waals surface area contributed by atoms with Gasteiger partial charge < -0.3 is 18.8 Å². The van der Waals surface area contributed by atoms with Crippen LogP contribution in [-0.4, -0.2) is 84.9 Å². The van der Waals surface area contributed by atoms with Crippen LogP contribution in [0.25, 0.3) is 4.85 Å². The Balaban J connectivity index is 0.000000852. The molecule has 4 saturated carbocycles. The Bertz CT molecular complexity index is 800. The molecule has 4 aliphatic carbocycles. The number of carbonyl (C=O) groups is 1. The molecule has 1 unspecified atom stereocenters. The predicted octanol–water partition coefficient (Wildman–Crippen LogP) is 10.1. The third-order valence-electron chi connectivity index (χ3n) is 10.9. The molecule has 1 heterocycles. The molecule has 0 bridgehead atoms. The van der Waals surface area contributed by atoms with E-state index < -0.39 is 8.53 Å². The normalized spacial score (nSPS) is 20.8. The molecule has 1 aliphatic heterocycles. The number of piperidine rings is 1. The van der Waals surface area contributed by atoms with Crippen LogP contribution in [-0.2, 0) is 48.0 Å². The fraction of sp³-hybridized carbons (Fsp3) is 0.949. The van der Waals surface area contributed by atoms with Crippen molar-refractivity contribution in [2.24, 2.45) is 17.8 Å². The molecule has 0 N–H and O–H groups in total. The molecular formula is C39H73Fe2N4O3P. The van der Waals surface area contributed by atoms with Crippen LogP contribution in [0.5, 0.6) is 0 Å². The fourth-order valence-corrected chi connectivity index (χ4v) is 9.88. The molecule has 0 aromatic carbocycles. The second kappa shape index (κ2) is 28.7. The molecule has 1 atom stereocenters. The zero-order chi connectivity index (χ0) is 33.7. The number of hydrogen-bond donors (Lipinski definition) is 0. The summed E-state index contributed by atoms with van der Waals surface area (Å²) in [6.45, 7) is 21.7. The standard InChI is InChI=1S/C29H53N4O3P.2C5H10.2Fe/c1-24(2)33(25(3)4)37(35-19-16-30-5)36-23-28-14-17-32(18-15-28)29(34)22-31(20-26-10-6-7-11-26)21-27-12-8-9-13-27;2*1-2-4-5-3-1;;/h24-28H,6-23H2,1-4H3;2*1-5H2;;. The molecule has 0 spiro atoms. The Labute approximate surface area is 325 Å². The van der Waals surface area contributed by atoms with Gasteiger partial charge in [0, 0.05) is 72.4 Å². The zero-order valence-corrected chi connectivity index (χ0v) is 35.0. The van der Waals surface area contributed by atoms with Crippen molar-refractivity contribution in [3.63, 3.8) is 0 Å². The van der Waals surface area contributed by atoms with Crippen molar-refractivity contribution in [1.29, 1.82) is 0 Å². The second-order valence-corrected chi connectivity index (χ2v) is 17.1. The summed E-state index contributed by atoms with van der Waals surface area (Å²) >= 11 is 0. The molecule has 5 aliphatic rings. The maximum atomic E-state index is 13.3. The molecule has 0 aromatic heterocycles. The first-order chi connectivity index (χ1) is 22.9. The van der Waals surface area contributed by atoms with Crippen LogP contribution in [0.3, 0.4) is 0 Å². The van der Waals surface area contributed by atoms with Gasteiger partial charge in [0.1, 0.15) is 6.61 Å². The molecule has 0 aromatic rings. The third-order valence-corrected chi connectivity index (χ3v) is 13.0. The van der Waals surface area contributed by atoms with Crippen LogP contribution >= 0.6 is 8.53 Å². The Morgan fingerprint density at radius 3 is 1.51 bits per heavy atom. The number of amides is 1. The predicted molar refractivity (Wildman–Crippen MR) is 198 cm³/mol. The minimum absolute atomic E-state index is 0. The molecule has 5 rings (SSSR count). The molecule has 1 saturated heterocycles. The zero-order valence-electron chi connectivity index (χ0n) is 31.9. The van der Waals surface area contributed by atoms with Crippen LogP contribution in [0.2, 0.25) is 0 Å². The van der Waals surface area contributed by atoms with Gasteiger partial charge in [0.05, 0.1) is 13.2 Å². The van der Waals surface area contributed by atoms with E-state index in [4.69, 9.17) is 15.6 Å². The summed E-state index contributed by atoms with van der Waals surface area (Å²) in [5.74, 6) is 2.36. The third kappa shape index (κ3) is 19.8. The first-order valence-corrected chi connectivity index (χ1v) is 21.2. The van der Waals surface area contributed by atoms with Gasteiger partial charge in [-0.2, -0.15) is 0 Å². The van der Waals surface area contributed by atoms with Gasteiger partial charge in [0.25, 0.3) is 8.53 Å². The molecular weight excluding hydrogens is 715 g/mol. The largest absolute Gasteiger partial charge is 0.342 e. The fourth-order valence-electron chi connectivity index (χ4n) is 8.21. The summed E-state index contributed by atoms with van der Waals surface area (Å²) in [5.41, 5.74) is 0. The Morgan fingerprint density at radius 1 is 0.694 bits per heavy atom. The minimum atomic E-state index is -1.19. The van der Waals surface area contributed by atoms with Crippen LogP contribution in [0.1, 0.15) is 156 Å². The smallest absolute Gasteiger partial charge is 0.259 e. The summed E-state index contributed by atoms with van der Waals surface area (Å²) < 4.78 is 14.7. The summed E-state index contributed by atoms with van der Waals surface area (Å²) in [4.78, 5) is 21.4. The van der Waals surface area contributed by atoms with Crippen molar-refractivity contribution < 1.29 is 48.0 Å². The first-order valence-electron chi connectivity index (χ1n) is 20.0. The van der Waals surface area contributed by atoms with E-state index in [2.05, 4.69) is 47.0 Å². The Kier molecular flexibility index (Phi) is 27.7. The van der Waals surface area contributed by atoms with Gasteiger partial charge in [-0.25, -0.2) is 11.2 Å². The molecule has 10 heteroatoms. The van der Waals surface area contributed by atoms with Gasteiger partial charge >= 0.3 is 0 Å². The van der Waals surface area contributed by atoms with E-state index >= 15 is 0 Å². The minimum Gasteiger partial charge on any atom is -0.342 e. The monoisotopic (exact) mass is 788 g/mol. The van der Waals surface area contributed by atoms with E-state index in [-0.39, 0.29) is 34.1 Å². The van der Waals surface area contributed by atoms with Gasteiger partial charge in [0.15, 0.2) is 0 Å². The van der Waals surface area contributed by atoms with Crippen LogP contribution < -0.4 is 0 Å². The van der Waals surface area contributed by atoms with Crippen molar-refractivity contribution >= 4 is 14.4 Å². The van der Waals surface area contributed by atoms with Crippen LogP contribution in [0, 0.1) is 24.3 Å². The summed E-state index contributed by atoms with van der Waals surface area (Å²) in [6, 6.07) is 0.630. The van der Waals surface area contributed by atoms with Gasteiger partial charge in [0.2, 0.25) is 12.5 Å². The van der Waals surface area contributed by atoms with E-state index in [0.717, 1.165) is 50.9 Å². The molecule has 288 valence electrons. The SMILES string of the molecule is C1CCCC1.C1CCCC1.[C-]#[N+]CCOP(OCC1CCN(C(=O)CN(CC2CCCC2)CC2CCCC2)CC1)N(C(C)C)C(C)C.[Fe].[Fe]. The second-order valence-electron chi connectivity index (χ2n) is 15.7. The summed E-state index contributed by atoms with van der Waals surface area (Å²) in [7, 11) is -1.19. The van der Waals surface area contributed by atoms with Crippen molar-refractivity contribution in [3.8, 4) is 0 Å². The van der Waals surface area contributed by atoms with E-state index in [1.165, 1.54) is 116 Å². The van der Waals surface area contributed by atoms with Gasteiger partial charge in [-0.05, 0) is 84.0 Å². The molecule has 49 heavy (non-hydrogen) atoms. The topological polar surface area (TPSA) is 49.6 Å². The van der Waals surface area contributed by atoms with Crippen molar-refractivity contribution in [2.45, 2.75) is 168 Å². The summed E-state index contributed by atoms with van der Waals surface area (Å²) in [6.07, 6.45) is 27.8. The average Bonchev–Trinajstić information content (AvgIpc) is 3.90. The molecule has 1 amide bonds. The van der Waals surface area contributed by atoms with Crippen molar-refractivity contribution in [2.75, 3.05) is 52.5 Å².